The number of nitrogens with one attached hydrogen (secondary N) is 1. The summed E-state index contributed by atoms with van der Waals surface area (Å²) in [6.07, 6.45) is 4.64. The third-order valence-corrected chi connectivity index (χ3v) is 7.28. The number of hydrogen-bond donors (Lipinski definition) is 2. The summed E-state index contributed by atoms with van der Waals surface area (Å²) in [5.41, 5.74) is 3.62. The molecule has 9 heteroatoms. The fourth-order valence-corrected chi connectivity index (χ4v) is 4.92. The largest absolute Gasteiger partial charge is 0.382 e. The summed E-state index contributed by atoms with van der Waals surface area (Å²) in [6, 6.07) is 10.1. The van der Waals surface area contributed by atoms with Gasteiger partial charge in [0.25, 0.3) is 0 Å². The summed E-state index contributed by atoms with van der Waals surface area (Å²) in [5, 5.41) is 14.8. The van der Waals surface area contributed by atoms with E-state index in [0.29, 0.717) is 46.4 Å². The fourth-order valence-electron chi connectivity index (χ4n) is 4.72. The smallest absolute Gasteiger partial charge is 0.227 e. The Morgan fingerprint density at radius 2 is 1.87 bits per heavy atom. The van der Waals surface area contributed by atoms with Gasteiger partial charge in [-0.15, -0.1) is 0 Å². The van der Waals surface area contributed by atoms with Gasteiger partial charge >= 0.3 is 0 Å². The van der Waals surface area contributed by atoms with Crippen LogP contribution in [0.15, 0.2) is 48.8 Å². The molecule has 0 spiro atoms. The van der Waals surface area contributed by atoms with Crippen LogP contribution in [-0.2, 0) is 10.4 Å². The average molecular weight is 534 g/mol. The number of amides is 1. The molecule has 196 valence electrons. The van der Waals surface area contributed by atoms with Crippen LogP contribution in [0.2, 0.25) is 5.02 Å². The SMILES string of the molecule is Cc1nc2ccc(-c3cnc(C(C)(C)O)nc3)cc2c(NC(C)c2cc(N3CCCC3=O)ccc2F)c1Cl. The van der Waals surface area contributed by atoms with E-state index >= 15 is 0 Å². The zero-order valence-corrected chi connectivity index (χ0v) is 22.5. The Labute approximate surface area is 225 Å². The molecule has 2 aromatic heterocycles. The average Bonchev–Trinajstić information content (AvgIpc) is 3.32. The highest BCUT2D eigenvalue weighted by atomic mass is 35.5. The van der Waals surface area contributed by atoms with Crippen molar-refractivity contribution in [1.82, 2.24) is 15.0 Å². The van der Waals surface area contributed by atoms with Gasteiger partial charge in [0.15, 0.2) is 5.82 Å². The number of rotatable bonds is 6. The zero-order valence-electron chi connectivity index (χ0n) is 21.7. The van der Waals surface area contributed by atoms with Crippen molar-refractivity contribution in [2.24, 2.45) is 0 Å². The number of aromatic nitrogens is 3. The summed E-state index contributed by atoms with van der Waals surface area (Å²) < 4.78 is 15.0. The van der Waals surface area contributed by atoms with Gasteiger partial charge in [0.2, 0.25) is 5.91 Å². The monoisotopic (exact) mass is 533 g/mol. The van der Waals surface area contributed by atoms with E-state index in [2.05, 4.69) is 20.3 Å². The number of pyridine rings is 1. The summed E-state index contributed by atoms with van der Waals surface area (Å²) in [5.74, 6) is 0.0174. The second-order valence-electron chi connectivity index (χ2n) is 10.2. The molecule has 1 fully saturated rings. The van der Waals surface area contributed by atoms with Crippen LogP contribution in [0, 0.1) is 12.7 Å². The van der Waals surface area contributed by atoms with Crippen molar-refractivity contribution in [2.45, 2.75) is 52.2 Å². The molecule has 38 heavy (non-hydrogen) atoms. The molecule has 2 aromatic carbocycles. The van der Waals surface area contributed by atoms with E-state index in [1.165, 1.54) is 6.07 Å². The predicted octanol–water partition coefficient (Wildman–Crippen LogP) is 6.32. The van der Waals surface area contributed by atoms with Crippen LogP contribution in [0.4, 0.5) is 15.8 Å². The van der Waals surface area contributed by atoms with Gasteiger partial charge in [-0.25, -0.2) is 14.4 Å². The molecule has 3 heterocycles. The first-order chi connectivity index (χ1) is 18.0. The summed E-state index contributed by atoms with van der Waals surface area (Å²) in [4.78, 5) is 27.2. The van der Waals surface area contributed by atoms with Gasteiger partial charge in [-0.3, -0.25) is 9.78 Å². The minimum Gasteiger partial charge on any atom is -0.382 e. The van der Waals surface area contributed by atoms with Gasteiger partial charge in [-0.2, -0.15) is 0 Å². The van der Waals surface area contributed by atoms with E-state index in [-0.39, 0.29) is 11.7 Å². The van der Waals surface area contributed by atoms with Crippen molar-refractivity contribution in [1.29, 1.82) is 0 Å². The minimum atomic E-state index is -1.14. The van der Waals surface area contributed by atoms with E-state index in [1.807, 2.05) is 32.0 Å². The zero-order chi connectivity index (χ0) is 27.2. The topological polar surface area (TPSA) is 91.2 Å². The highest BCUT2D eigenvalue weighted by Crippen LogP contribution is 2.38. The summed E-state index contributed by atoms with van der Waals surface area (Å²) in [7, 11) is 0. The lowest BCUT2D eigenvalue weighted by Gasteiger charge is -2.22. The van der Waals surface area contributed by atoms with Crippen molar-refractivity contribution in [3.63, 3.8) is 0 Å². The third-order valence-electron chi connectivity index (χ3n) is 6.82. The Hall–Kier alpha value is -3.62. The van der Waals surface area contributed by atoms with Crippen molar-refractivity contribution < 1.29 is 14.3 Å². The predicted molar refractivity (Wildman–Crippen MR) is 148 cm³/mol. The molecule has 2 N–H and O–H groups in total. The lowest BCUT2D eigenvalue weighted by Crippen LogP contribution is -2.24. The summed E-state index contributed by atoms with van der Waals surface area (Å²) >= 11 is 6.74. The van der Waals surface area contributed by atoms with Gasteiger partial charge in [-0.1, -0.05) is 17.7 Å². The van der Waals surface area contributed by atoms with Crippen LogP contribution in [0.3, 0.4) is 0 Å². The molecule has 1 aliphatic heterocycles. The molecular weight excluding hydrogens is 505 g/mol. The van der Waals surface area contributed by atoms with Crippen LogP contribution >= 0.6 is 11.6 Å². The first-order valence-corrected chi connectivity index (χ1v) is 12.9. The molecule has 1 unspecified atom stereocenters. The molecule has 0 aliphatic carbocycles. The number of carbonyl (C=O) groups excluding carboxylic acids is 1. The lowest BCUT2D eigenvalue weighted by atomic mass is 10.0. The number of fused-ring (bicyclic) bond motifs is 1. The maximum absolute atomic E-state index is 15.0. The van der Waals surface area contributed by atoms with E-state index in [1.54, 1.807) is 43.3 Å². The van der Waals surface area contributed by atoms with E-state index in [0.717, 1.165) is 28.5 Å². The third kappa shape index (κ3) is 4.93. The van der Waals surface area contributed by atoms with Crippen LogP contribution < -0.4 is 10.2 Å². The van der Waals surface area contributed by atoms with Crippen LogP contribution in [0.25, 0.3) is 22.0 Å². The Kier molecular flexibility index (Phi) is 6.79. The lowest BCUT2D eigenvalue weighted by molar-refractivity contribution is -0.117. The Morgan fingerprint density at radius 3 is 2.53 bits per heavy atom. The maximum atomic E-state index is 15.0. The van der Waals surface area contributed by atoms with E-state index in [4.69, 9.17) is 11.6 Å². The van der Waals surface area contributed by atoms with Crippen molar-refractivity contribution in [2.75, 3.05) is 16.8 Å². The van der Waals surface area contributed by atoms with Gasteiger partial charge in [-0.05, 0) is 70.0 Å². The number of anilines is 2. The van der Waals surface area contributed by atoms with Gasteiger partial charge in [0.1, 0.15) is 11.4 Å². The Balaban J connectivity index is 1.53. The standard InChI is InChI=1S/C29H29ClFN5O2/c1-16(21-13-20(8-9-23(21)31)36-11-5-6-25(36)37)35-27-22-12-18(7-10-24(22)34-17(2)26(27)30)19-14-32-28(33-15-19)29(3,4)38/h7-10,12-16,38H,5-6,11H2,1-4H3,(H,34,35). The number of aliphatic hydroxyl groups is 1. The first kappa shape index (κ1) is 26.0. The molecule has 7 nitrogen and oxygen atoms in total. The van der Waals surface area contributed by atoms with Gasteiger partial charge in [0.05, 0.1) is 28.0 Å². The normalized spacial score (nSPS) is 14.8. The second-order valence-corrected chi connectivity index (χ2v) is 10.6. The quantitative estimate of drug-likeness (QED) is 0.301. The molecular formula is C29H29ClFN5O2. The maximum Gasteiger partial charge on any atom is 0.227 e. The Morgan fingerprint density at radius 1 is 1.13 bits per heavy atom. The molecule has 1 amide bonds. The fraction of sp³-hybridized carbons (Fsp3) is 0.310. The first-order valence-electron chi connectivity index (χ1n) is 12.5. The number of hydrogen-bond acceptors (Lipinski definition) is 6. The molecule has 4 aromatic rings. The van der Waals surface area contributed by atoms with Crippen molar-refractivity contribution >= 4 is 39.8 Å². The Bertz CT molecular complexity index is 1540. The molecule has 0 radical (unpaired) electrons. The number of carbonyl (C=O) groups is 1. The minimum absolute atomic E-state index is 0.0501. The number of aryl methyl sites for hydroxylation is 1. The highest BCUT2D eigenvalue weighted by Gasteiger charge is 2.24. The highest BCUT2D eigenvalue weighted by molar-refractivity contribution is 6.35. The van der Waals surface area contributed by atoms with E-state index in [9.17, 15) is 14.3 Å². The molecule has 0 saturated carbocycles. The van der Waals surface area contributed by atoms with Crippen LogP contribution in [0.5, 0.6) is 0 Å². The van der Waals surface area contributed by atoms with Gasteiger partial charge in [0, 0.05) is 47.6 Å². The number of benzene rings is 2. The van der Waals surface area contributed by atoms with Crippen LogP contribution in [-0.4, -0.2) is 32.5 Å². The number of halogens is 2. The second kappa shape index (κ2) is 9.93. The molecule has 5 rings (SSSR count). The molecule has 1 atom stereocenters. The van der Waals surface area contributed by atoms with Gasteiger partial charge < -0.3 is 15.3 Å². The summed E-state index contributed by atoms with van der Waals surface area (Å²) in [6.45, 7) is 7.59. The molecule has 0 bridgehead atoms. The molecule has 1 saturated heterocycles. The van der Waals surface area contributed by atoms with E-state index < -0.39 is 11.6 Å². The number of nitrogens with zero attached hydrogens (tertiary/aromatic N) is 4. The van der Waals surface area contributed by atoms with Crippen molar-refractivity contribution in [3.8, 4) is 11.1 Å². The van der Waals surface area contributed by atoms with Crippen LogP contribution in [0.1, 0.15) is 56.7 Å². The molecule has 1 aliphatic rings. The van der Waals surface area contributed by atoms with Crippen molar-refractivity contribution in [3.05, 3.63) is 76.7 Å².